The predicted molar refractivity (Wildman–Crippen MR) is 131 cm³/mol. The van der Waals surface area contributed by atoms with E-state index >= 15 is 0 Å². The van der Waals surface area contributed by atoms with Crippen LogP contribution in [0.3, 0.4) is 0 Å². The molecule has 29 heavy (non-hydrogen) atoms. The number of hydrogen-bond donors (Lipinski definition) is 0. The quantitative estimate of drug-likeness (QED) is 0.268. The summed E-state index contributed by atoms with van der Waals surface area (Å²) in [5.41, 5.74) is 1.49. The molecule has 0 nitrogen and oxygen atoms in total. The molecule has 0 saturated heterocycles. The lowest BCUT2D eigenvalue weighted by Gasteiger charge is -2.15. The molecular formula is C28H28S. The van der Waals surface area contributed by atoms with Crippen molar-refractivity contribution in [2.75, 3.05) is 0 Å². The van der Waals surface area contributed by atoms with Gasteiger partial charge in [-0.05, 0) is 63.7 Å². The van der Waals surface area contributed by atoms with Gasteiger partial charge in [-0.15, -0.1) is 11.3 Å². The Labute approximate surface area is 177 Å². The van der Waals surface area contributed by atoms with Crippen molar-refractivity contribution in [3.8, 4) is 0 Å². The molecule has 4 aromatic carbocycles. The van der Waals surface area contributed by atoms with Gasteiger partial charge >= 0.3 is 0 Å². The first-order valence-corrected chi connectivity index (χ1v) is 11.8. The molecule has 0 aliphatic carbocycles. The molecule has 5 rings (SSSR count). The highest BCUT2D eigenvalue weighted by molar-refractivity contribution is 7.26. The topological polar surface area (TPSA) is 0 Å². The first-order chi connectivity index (χ1) is 14.2. The van der Waals surface area contributed by atoms with Gasteiger partial charge in [0.15, 0.2) is 0 Å². The van der Waals surface area contributed by atoms with Gasteiger partial charge in [-0.2, -0.15) is 0 Å². The van der Waals surface area contributed by atoms with Crippen LogP contribution in [0.25, 0.3) is 41.7 Å². The molecule has 0 saturated carbocycles. The molecule has 0 bridgehead atoms. The molecule has 0 spiro atoms. The summed E-state index contributed by atoms with van der Waals surface area (Å²) >= 11 is 1.92. The van der Waals surface area contributed by atoms with Gasteiger partial charge in [-0.3, -0.25) is 0 Å². The van der Waals surface area contributed by atoms with Gasteiger partial charge in [-0.1, -0.05) is 82.0 Å². The smallest absolute Gasteiger partial charge is 0.0361 e. The maximum Gasteiger partial charge on any atom is 0.0361 e. The summed E-state index contributed by atoms with van der Waals surface area (Å²) < 4.78 is 2.78. The van der Waals surface area contributed by atoms with E-state index in [1.807, 2.05) is 11.3 Å². The molecule has 0 aliphatic rings. The monoisotopic (exact) mass is 396 g/mol. The zero-order valence-electron chi connectivity index (χ0n) is 17.4. The number of unbranched alkanes of at least 4 members (excludes halogenated alkanes) is 1. The summed E-state index contributed by atoms with van der Waals surface area (Å²) in [4.78, 5) is 0. The first kappa shape index (κ1) is 18.6. The van der Waals surface area contributed by atoms with Crippen molar-refractivity contribution in [1.82, 2.24) is 0 Å². The zero-order valence-corrected chi connectivity index (χ0v) is 18.2. The Morgan fingerprint density at radius 2 is 1.38 bits per heavy atom. The van der Waals surface area contributed by atoms with E-state index in [9.17, 15) is 0 Å². The first-order valence-electron chi connectivity index (χ1n) is 11.0. The van der Waals surface area contributed by atoms with Gasteiger partial charge in [0.05, 0.1) is 0 Å². The van der Waals surface area contributed by atoms with Gasteiger partial charge < -0.3 is 0 Å². The van der Waals surface area contributed by atoms with Gasteiger partial charge in [0, 0.05) is 20.2 Å². The normalized spacial score (nSPS) is 13.0. The largest absolute Gasteiger partial charge is 0.135 e. The van der Waals surface area contributed by atoms with E-state index in [4.69, 9.17) is 0 Å². The van der Waals surface area contributed by atoms with Crippen molar-refractivity contribution in [3.05, 3.63) is 72.3 Å². The van der Waals surface area contributed by atoms with E-state index in [2.05, 4.69) is 80.6 Å². The minimum absolute atomic E-state index is 0.810. The average Bonchev–Trinajstić information content (AvgIpc) is 3.09. The average molecular weight is 397 g/mol. The van der Waals surface area contributed by atoms with Gasteiger partial charge in [0.1, 0.15) is 0 Å². The van der Waals surface area contributed by atoms with Crippen molar-refractivity contribution >= 4 is 53.1 Å². The Balaban J connectivity index is 1.60. The second-order valence-corrected chi connectivity index (χ2v) is 9.53. The van der Waals surface area contributed by atoms with Crippen LogP contribution in [-0.4, -0.2) is 0 Å². The Hall–Kier alpha value is -2.38. The molecular weight excluding hydrogens is 368 g/mol. The summed E-state index contributed by atoms with van der Waals surface area (Å²) in [6, 6.07) is 25.3. The molecule has 1 heteroatoms. The Bertz CT molecular complexity index is 1310. The molecule has 0 amide bonds. The van der Waals surface area contributed by atoms with Crippen LogP contribution < -0.4 is 0 Å². The second kappa shape index (κ2) is 7.80. The number of fused-ring (bicyclic) bond motifs is 5. The molecule has 5 aromatic rings. The van der Waals surface area contributed by atoms with E-state index in [1.54, 1.807) is 0 Å². The van der Waals surface area contributed by atoms with Crippen LogP contribution in [0.2, 0.25) is 0 Å². The number of rotatable bonds is 6. The molecule has 0 aliphatic heterocycles. The van der Waals surface area contributed by atoms with Crippen LogP contribution in [-0.2, 0) is 6.42 Å². The number of benzene rings is 4. The third-order valence-electron chi connectivity index (χ3n) is 6.43. The van der Waals surface area contributed by atoms with Crippen molar-refractivity contribution in [2.45, 2.75) is 46.0 Å². The Kier molecular flexibility index (Phi) is 5.01. The third kappa shape index (κ3) is 3.53. The maximum atomic E-state index is 2.44. The molecule has 1 unspecified atom stereocenters. The SMILES string of the molecule is CCCCC(CC)Cc1ccc2cc3sc4cc5ccccc5cc4c3cc2c1. The highest BCUT2D eigenvalue weighted by Crippen LogP contribution is 2.38. The zero-order chi connectivity index (χ0) is 19.8. The van der Waals surface area contributed by atoms with Crippen molar-refractivity contribution in [2.24, 2.45) is 5.92 Å². The summed E-state index contributed by atoms with van der Waals surface area (Å²) in [5, 5.41) is 8.20. The summed E-state index contributed by atoms with van der Waals surface area (Å²) in [5.74, 6) is 0.810. The number of hydrogen-bond acceptors (Lipinski definition) is 1. The Morgan fingerprint density at radius 1 is 0.724 bits per heavy atom. The van der Waals surface area contributed by atoms with Crippen molar-refractivity contribution < 1.29 is 0 Å². The lowest BCUT2D eigenvalue weighted by molar-refractivity contribution is 0.449. The second-order valence-electron chi connectivity index (χ2n) is 8.45. The fraction of sp³-hybridized carbons (Fsp3) is 0.286. The van der Waals surface area contributed by atoms with E-state index in [0.717, 1.165) is 5.92 Å². The van der Waals surface area contributed by atoms with E-state index in [1.165, 1.54) is 79.4 Å². The van der Waals surface area contributed by atoms with Crippen LogP contribution in [0.1, 0.15) is 45.1 Å². The van der Waals surface area contributed by atoms with Crippen LogP contribution in [0, 0.1) is 5.92 Å². The molecule has 0 fully saturated rings. The summed E-state index contributed by atoms with van der Waals surface area (Å²) in [7, 11) is 0. The highest BCUT2D eigenvalue weighted by atomic mass is 32.1. The molecule has 1 heterocycles. The molecule has 0 N–H and O–H groups in total. The fourth-order valence-electron chi connectivity index (χ4n) is 4.66. The molecule has 1 aromatic heterocycles. The summed E-state index contributed by atoms with van der Waals surface area (Å²) in [6.45, 7) is 4.63. The number of thiophene rings is 1. The highest BCUT2D eigenvalue weighted by Gasteiger charge is 2.11. The van der Waals surface area contributed by atoms with E-state index < -0.39 is 0 Å². The van der Waals surface area contributed by atoms with Gasteiger partial charge in [-0.25, -0.2) is 0 Å². The van der Waals surface area contributed by atoms with Crippen molar-refractivity contribution in [1.29, 1.82) is 0 Å². The third-order valence-corrected chi connectivity index (χ3v) is 7.54. The summed E-state index contributed by atoms with van der Waals surface area (Å²) in [6.07, 6.45) is 6.48. The van der Waals surface area contributed by atoms with E-state index in [0.29, 0.717) is 0 Å². The van der Waals surface area contributed by atoms with E-state index in [-0.39, 0.29) is 0 Å². The predicted octanol–water partition coefficient (Wildman–Crippen LogP) is 9.12. The molecule has 0 radical (unpaired) electrons. The van der Waals surface area contributed by atoms with Crippen LogP contribution in [0.5, 0.6) is 0 Å². The van der Waals surface area contributed by atoms with Crippen LogP contribution in [0.4, 0.5) is 0 Å². The van der Waals surface area contributed by atoms with Crippen LogP contribution >= 0.6 is 11.3 Å². The Morgan fingerprint density at radius 3 is 2.07 bits per heavy atom. The van der Waals surface area contributed by atoms with Gasteiger partial charge in [0.2, 0.25) is 0 Å². The fourth-order valence-corrected chi connectivity index (χ4v) is 5.82. The molecule has 1 atom stereocenters. The molecule has 146 valence electrons. The minimum Gasteiger partial charge on any atom is -0.135 e. The standard InChI is InChI=1S/C28H28S/c1-3-5-8-19(4-2)13-20-11-12-23-18-28-26(16-24(23)14-20)25-15-21-9-6-7-10-22(21)17-27(25)29-28/h6-7,9-12,14-19H,3-5,8,13H2,1-2H3. The van der Waals surface area contributed by atoms with Gasteiger partial charge in [0.25, 0.3) is 0 Å². The van der Waals surface area contributed by atoms with Crippen LogP contribution in [0.15, 0.2) is 66.7 Å². The lowest BCUT2D eigenvalue weighted by atomic mass is 9.91. The minimum atomic E-state index is 0.810. The maximum absolute atomic E-state index is 2.44. The van der Waals surface area contributed by atoms with Crippen molar-refractivity contribution in [3.63, 3.8) is 0 Å². The lowest BCUT2D eigenvalue weighted by Crippen LogP contribution is -2.03.